The molecule has 2 rings (SSSR count). The van der Waals surface area contributed by atoms with Gasteiger partial charge in [0.05, 0.1) is 31.0 Å². The summed E-state index contributed by atoms with van der Waals surface area (Å²) in [5.74, 6) is 1.41. The number of amides is 1. The summed E-state index contributed by atoms with van der Waals surface area (Å²) < 4.78 is 11.0. The van der Waals surface area contributed by atoms with Gasteiger partial charge in [-0.25, -0.2) is 0 Å². The van der Waals surface area contributed by atoms with E-state index in [-0.39, 0.29) is 5.91 Å². The van der Waals surface area contributed by atoms with Crippen LogP contribution in [0.1, 0.15) is 29.7 Å². The second-order valence-corrected chi connectivity index (χ2v) is 7.17. The molecule has 7 heteroatoms. The minimum absolute atomic E-state index is 0.0292. The van der Waals surface area contributed by atoms with Gasteiger partial charge in [-0.2, -0.15) is 0 Å². The predicted molar refractivity (Wildman–Crippen MR) is 108 cm³/mol. The first kappa shape index (κ1) is 21.3. The molecule has 5 nitrogen and oxygen atoms in total. The fourth-order valence-corrected chi connectivity index (χ4v) is 3.20. The molecule has 0 unspecified atom stereocenters. The summed E-state index contributed by atoms with van der Waals surface area (Å²) in [6.45, 7) is 4.74. The van der Waals surface area contributed by atoms with Gasteiger partial charge in [-0.3, -0.25) is 9.78 Å². The van der Waals surface area contributed by atoms with Crippen LogP contribution in [0.4, 0.5) is 0 Å². The monoisotopic (exact) mass is 410 g/mol. The molecule has 0 radical (unpaired) electrons. The first-order valence-corrected chi connectivity index (χ1v) is 9.40. The van der Waals surface area contributed by atoms with Crippen LogP contribution in [0.5, 0.6) is 11.5 Å². The Bertz CT molecular complexity index is 812. The lowest BCUT2D eigenvalue weighted by Gasteiger charge is -2.19. The van der Waals surface area contributed by atoms with Crippen molar-refractivity contribution in [1.82, 2.24) is 9.88 Å². The summed E-state index contributed by atoms with van der Waals surface area (Å²) in [4.78, 5) is 18.5. The molecule has 0 saturated carbocycles. The van der Waals surface area contributed by atoms with Gasteiger partial charge in [0.25, 0.3) is 0 Å². The van der Waals surface area contributed by atoms with E-state index >= 15 is 0 Å². The van der Waals surface area contributed by atoms with E-state index in [1.807, 2.05) is 13.8 Å². The van der Waals surface area contributed by atoms with E-state index in [0.717, 1.165) is 22.6 Å². The smallest absolute Gasteiger partial charge is 0.222 e. The van der Waals surface area contributed by atoms with E-state index in [9.17, 15) is 4.79 Å². The molecule has 0 saturated heterocycles. The lowest BCUT2D eigenvalue weighted by atomic mass is 10.1. The van der Waals surface area contributed by atoms with E-state index in [2.05, 4.69) is 4.98 Å². The van der Waals surface area contributed by atoms with Crippen LogP contribution in [0.2, 0.25) is 10.0 Å². The molecule has 0 bridgehead atoms. The number of ether oxygens (including phenoxy) is 2. The average Bonchev–Trinajstić information content (AvgIpc) is 2.62. The van der Waals surface area contributed by atoms with E-state index in [4.69, 9.17) is 32.7 Å². The number of rotatable bonds is 8. The average molecular weight is 411 g/mol. The molecule has 0 N–H and O–H groups in total. The number of benzene rings is 1. The van der Waals surface area contributed by atoms with Crippen molar-refractivity contribution >= 4 is 29.1 Å². The van der Waals surface area contributed by atoms with Crippen LogP contribution in [0.15, 0.2) is 24.4 Å². The summed E-state index contributed by atoms with van der Waals surface area (Å²) >= 11 is 11.9. The molecule has 0 aliphatic heterocycles. The Kier molecular flexibility index (Phi) is 7.75. The summed E-state index contributed by atoms with van der Waals surface area (Å²) in [6.07, 6.45) is 2.73. The van der Waals surface area contributed by atoms with E-state index < -0.39 is 0 Å². The van der Waals surface area contributed by atoms with Crippen LogP contribution in [0.3, 0.4) is 0 Å². The topological polar surface area (TPSA) is 51.7 Å². The lowest BCUT2D eigenvalue weighted by molar-refractivity contribution is -0.130. The Morgan fingerprint density at radius 2 is 2.00 bits per heavy atom. The normalized spacial score (nSPS) is 10.6. The van der Waals surface area contributed by atoms with Gasteiger partial charge in [-0.05, 0) is 38.5 Å². The van der Waals surface area contributed by atoms with Crippen LogP contribution in [0, 0.1) is 13.8 Å². The highest BCUT2D eigenvalue weighted by Gasteiger charge is 2.15. The molecule has 1 aromatic heterocycles. The highest BCUT2D eigenvalue weighted by atomic mass is 35.5. The third kappa shape index (κ3) is 5.75. The molecule has 1 heterocycles. The quantitative estimate of drug-likeness (QED) is 0.584. The lowest BCUT2D eigenvalue weighted by Crippen LogP contribution is -2.27. The molecule has 1 aromatic carbocycles. The van der Waals surface area contributed by atoms with Gasteiger partial charge in [0.1, 0.15) is 11.5 Å². The predicted octanol–water partition coefficient (Wildman–Crippen LogP) is 4.83. The van der Waals surface area contributed by atoms with E-state index in [1.165, 1.54) is 0 Å². The number of aryl methyl sites for hydroxylation is 1. The third-order valence-corrected chi connectivity index (χ3v) is 4.78. The van der Waals surface area contributed by atoms with Gasteiger partial charge in [-0.1, -0.05) is 23.2 Å². The fraction of sp³-hybridized carbons (Fsp3) is 0.400. The first-order valence-electron chi connectivity index (χ1n) is 8.64. The molecule has 0 fully saturated rings. The fourth-order valence-electron chi connectivity index (χ4n) is 2.73. The Morgan fingerprint density at radius 3 is 2.67 bits per heavy atom. The van der Waals surface area contributed by atoms with Crippen LogP contribution in [0.25, 0.3) is 0 Å². The summed E-state index contributed by atoms with van der Waals surface area (Å²) in [5, 5.41) is 1.02. The number of methoxy groups -OCH3 is 1. The number of pyridine rings is 1. The van der Waals surface area contributed by atoms with Crippen molar-refractivity contribution in [2.24, 2.45) is 0 Å². The Hall–Kier alpha value is -1.98. The van der Waals surface area contributed by atoms with Crippen LogP contribution >= 0.6 is 23.2 Å². The van der Waals surface area contributed by atoms with Crippen molar-refractivity contribution in [2.45, 2.75) is 33.2 Å². The number of nitrogens with zero attached hydrogens (tertiary/aromatic N) is 2. The maximum atomic E-state index is 12.4. The molecular weight excluding hydrogens is 387 g/mol. The van der Waals surface area contributed by atoms with Crippen molar-refractivity contribution in [1.29, 1.82) is 0 Å². The van der Waals surface area contributed by atoms with Crippen molar-refractivity contribution in [2.75, 3.05) is 20.8 Å². The number of halogens is 2. The molecule has 27 heavy (non-hydrogen) atoms. The zero-order chi connectivity index (χ0) is 20.0. The standard InChI is InChI=1S/C20H24Cl2N2O3/c1-13-11-23-17(14(2)20(13)26-4)12-24(3)19(25)6-5-9-27-18-8-7-15(21)10-16(18)22/h7-8,10-11H,5-6,9,12H2,1-4H3. The Labute approximate surface area is 170 Å². The molecular formula is C20H24Cl2N2O3. The zero-order valence-corrected chi connectivity index (χ0v) is 17.5. The number of hydrogen-bond acceptors (Lipinski definition) is 4. The van der Waals surface area contributed by atoms with Crippen molar-refractivity contribution < 1.29 is 14.3 Å². The van der Waals surface area contributed by atoms with Gasteiger partial charge in [0.2, 0.25) is 5.91 Å². The van der Waals surface area contributed by atoms with Gasteiger partial charge in [0, 0.05) is 35.8 Å². The summed E-state index contributed by atoms with van der Waals surface area (Å²) in [7, 11) is 3.41. The number of carbonyl (C=O) groups is 1. The van der Waals surface area contributed by atoms with Crippen molar-refractivity contribution in [3.8, 4) is 11.5 Å². The van der Waals surface area contributed by atoms with Gasteiger partial charge >= 0.3 is 0 Å². The largest absolute Gasteiger partial charge is 0.496 e. The van der Waals surface area contributed by atoms with Gasteiger partial charge in [-0.15, -0.1) is 0 Å². The van der Waals surface area contributed by atoms with E-state index in [0.29, 0.717) is 41.8 Å². The number of aromatic nitrogens is 1. The molecule has 1 amide bonds. The van der Waals surface area contributed by atoms with Gasteiger partial charge < -0.3 is 14.4 Å². The molecule has 0 spiro atoms. The zero-order valence-electron chi connectivity index (χ0n) is 16.0. The van der Waals surface area contributed by atoms with Crippen LogP contribution < -0.4 is 9.47 Å². The summed E-state index contributed by atoms with van der Waals surface area (Å²) in [5.41, 5.74) is 2.76. The van der Waals surface area contributed by atoms with Crippen LogP contribution in [-0.2, 0) is 11.3 Å². The molecule has 146 valence electrons. The number of carbonyl (C=O) groups excluding carboxylic acids is 1. The maximum absolute atomic E-state index is 12.4. The Balaban J connectivity index is 1.84. The second-order valence-electron chi connectivity index (χ2n) is 6.32. The van der Waals surface area contributed by atoms with Crippen molar-refractivity contribution in [3.05, 3.63) is 51.3 Å². The highest BCUT2D eigenvalue weighted by Crippen LogP contribution is 2.28. The molecule has 2 aromatic rings. The molecule has 0 aliphatic rings. The van der Waals surface area contributed by atoms with Crippen LogP contribution in [-0.4, -0.2) is 36.6 Å². The third-order valence-electron chi connectivity index (χ3n) is 4.25. The van der Waals surface area contributed by atoms with Crippen molar-refractivity contribution in [3.63, 3.8) is 0 Å². The minimum Gasteiger partial charge on any atom is -0.496 e. The molecule has 0 atom stereocenters. The summed E-state index contributed by atoms with van der Waals surface area (Å²) in [6, 6.07) is 5.06. The minimum atomic E-state index is 0.0292. The second kappa shape index (κ2) is 9.81. The SMILES string of the molecule is COc1c(C)cnc(CN(C)C(=O)CCCOc2ccc(Cl)cc2Cl)c1C. The molecule has 0 aliphatic carbocycles. The van der Waals surface area contributed by atoms with Gasteiger partial charge in [0.15, 0.2) is 0 Å². The Morgan fingerprint density at radius 1 is 1.26 bits per heavy atom. The first-order chi connectivity index (χ1) is 12.8. The maximum Gasteiger partial charge on any atom is 0.222 e. The number of hydrogen-bond donors (Lipinski definition) is 0. The highest BCUT2D eigenvalue weighted by molar-refractivity contribution is 6.35. The van der Waals surface area contributed by atoms with E-state index in [1.54, 1.807) is 43.5 Å².